The molecular weight excluding hydrogens is 305 g/mol. The van der Waals surface area contributed by atoms with E-state index in [-0.39, 0.29) is 5.82 Å². The third-order valence-electron chi connectivity index (χ3n) is 3.84. The highest BCUT2D eigenvalue weighted by molar-refractivity contribution is 5.89. The van der Waals surface area contributed by atoms with Crippen molar-refractivity contribution in [3.63, 3.8) is 0 Å². The molecule has 4 nitrogen and oxygen atoms in total. The van der Waals surface area contributed by atoms with E-state index in [9.17, 15) is 4.39 Å². The standard InChI is InChI=1S/C19H14FN3O/c1-24-19-17-10-14-4-2-3-5-16(14)23(17)12-18(22-19)21-11-13-6-8-15(20)9-7-13/h2-12H,1H3/b21-11+. The van der Waals surface area contributed by atoms with Crippen molar-refractivity contribution < 1.29 is 9.13 Å². The van der Waals surface area contributed by atoms with Crippen LogP contribution in [0, 0.1) is 5.82 Å². The van der Waals surface area contributed by atoms with Crippen molar-refractivity contribution in [3.05, 3.63) is 72.2 Å². The molecular formula is C19H14FN3O. The highest BCUT2D eigenvalue weighted by Crippen LogP contribution is 2.28. The molecule has 118 valence electrons. The minimum atomic E-state index is -0.271. The largest absolute Gasteiger partial charge is 0.479 e. The molecule has 4 rings (SSSR count). The van der Waals surface area contributed by atoms with E-state index in [2.05, 4.69) is 9.98 Å². The first-order chi connectivity index (χ1) is 11.7. The quantitative estimate of drug-likeness (QED) is 0.525. The van der Waals surface area contributed by atoms with Crippen molar-refractivity contribution in [1.82, 2.24) is 9.38 Å². The summed E-state index contributed by atoms with van der Waals surface area (Å²) in [5.41, 5.74) is 2.75. The first-order valence-electron chi connectivity index (χ1n) is 7.49. The highest BCUT2D eigenvalue weighted by Gasteiger charge is 2.10. The van der Waals surface area contributed by atoms with Crippen LogP contribution in [-0.2, 0) is 0 Å². The van der Waals surface area contributed by atoms with Gasteiger partial charge in [-0.05, 0) is 29.8 Å². The van der Waals surface area contributed by atoms with Crippen LogP contribution in [0.3, 0.4) is 0 Å². The molecule has 0 atom stereocenters. The van der Waals surface area contributed by atoms with Gasteiger partial charge in [0.25, 0.3) is 0 Å². The number of ether oxygens (including phenoxy) is 1. The van der Waals surface area contributed by atoms with Crippen molar-refractivity contribution in [2.75, 3.05) is 7.11 Å². The molecule has 4 aromatic rings. The summed E-state index contributed by atoms with van der Waals surface area (Å²) in [5, 5.41) is 1.11. The molecule has 0 spiro atoms. The van der Waals surface area contributed by atoms with Crippen LogP contribution in [0.15, 0.2) is 65.8 Å². The van der Waals surface area contributed by atoms with Crippen molar-refractivity contribution in [3.8, 4) is 5.88 Å². The lowest BCUT2D eigenvalue weighted by Gasteiger charge is -2.04. The molecule has 0 bridgehead atoms. The third-order valence-corrected chi connectivity index (χ3v) is 3.84. The van der Waals surface area contributed by atoms with Gasteiger partial charge < -0.3 is 9.14 Å². The van der Waals surface area contributed by atoms with Crippen LogP contribution in [0.25, 0.3) is 16.4 Å². The average molecular weight is 319 g/mol. The Hall–Kier alpha value is -3.21. The summed E-state index contributed by atoms with van der Waals surface area (Å²) in [4.78, 5) is 8.82. The fourth-order valence-corrected chi connectivity index (χ4v) is 2.69. The summed E-state index contributed by atoms with van der Waals surface area (Å²) in [6.45, 7) is 0. The van der Waals surface area contributed by atoms with Crippen LogP contribution in [0.5, 0.6) is 5.88 Å². The summed E-state index contributed by atoms with van der Waals surface area (Å²) < 4.78 is 20.4. The molecule has 0 saturated carbocycles. The SMILES string of the molecule is COc1nc(/N=C/c2ccc(F)cc2)cn2c1cc1ccccc12. The smallest absolute Gasteiger partial charge is 0.240 e. The van der Waals surface area contributed by atoms with Gasteiger partial charge in [0.1, 0.15) is 11.3 Å². The summed E-state index contributed by atoms with van der Waals surface area (Å²) in [6, 6.07) is 16.2. The minimum Gasteiger partial charge on any atom is -0.479 e. The molecule has 0 aliphatic rings. The van der Waals surface area contributed by atoms with Crippen LogP contribution in [0.2, 0.25) is 0 Å². The number of para-hydroxylation sites is 1. The zero-order valence-corrected chi connectivity index (χ0v) is 13.0. The molecule has 0 unspecified atom stereocenters. The molecule has 2 heterocycles. The lowest BCUT2D eigenvalue weighted by molar-refractivity contribution is 0.402. The second-order valence-electron chi connectivity index (χ2n) is 5.38. The molecule has 0 fully saturated rings. The van der Waals surface area contributed by atoms with E-state index >= 15 is 0 Å². The maximum absolute atomic E-state index is 13.0. The summed E-state index contributed by atoms with van der Waals surface area (Å²) >= 11 is 0. The van der Waals surface area contributed by atoms with Gasteiger partial charge in [0.05, 0.1) is 18.8 Å². The predicted octanol–water partition coefficient (Wildman–Crippen LogP) is 4.39. The molecule has 0 saturated heterocycles. The number of nitrogens with zero attached hydrogens (tertiary/aromatic N) is 3. The van der Waals surface area contributed by atoms with Gasteiger partial charge in [-0.2, -0.15) is 4.98 Å². The minimum absolute atomic E-state index is 0.271. The highest BCUT2D eigenvalue weighted by atomic mass is 19.1. The molecule has 5 heteroatoms. The first kappa shape index (κ1) is 14.4. The number of halogens is 1. The van der Waals surface area contributed by atoms with Gasteiger partial charge >= 0.3 is 0 Å². The van der Waals surface area contributed by atoms with E-state index in [4.69, 9.17) is 4.74 Å². The van der Waals surface area contributed by atoms with E-state index in [0.29, 0.717) is 11.7 Å². The van der Waals surface area contributed by atoms with Gasteiger partial charge in [-0.1, -0.05) is 30.3 Å². The van der Waals surface area contributed by atoms with E-state index in [1.54, 1.807) is 25.5 Å². The van der Waals surface area contributed by atoms with E-state index in [1.807, 2.05) is 40.9 Å². The molecule has 0 radical (unpaired) electrons. The van der Waals surface area contributed by atoms with Crippen LogP contribution < -0.4 is 4.74 Å². The molecule has 2 aromatic heterocycles. The number of aromatic nitrogens is 2. The zero-order valence-electron chi connectivity index (χ0n) is 13.0. The topological polar surface area (TPSA) is 38.9 Å². The molecule has 0 aliphatic carbocycles. The van der Waals surface area contributed by atoms with E-state index < -0.39 is 0 Å². The molecule has 0 aliphatic heterocycles. The Morgan fingerprint density at radius 2 is 1.88 bits per heavy atom. The van der Waals surface area contributed by atoms with Crippen molar-refractivity contribution >= 4 is 28.5 Å². The van der Waals surface area contributed by atoms with Gasteiger partial charge in [0, 0.05) is 11.6 Å². The first-order valence-corrected chi connectivity index (χ1v) is 7.49. The van der Waals surface area contributed by atoms with Gasteiger partial charge in [0.2, 0.25) is 5.88 Å². The maximum atomic E-state index is 13.0. The number of methoxy groups -OCH3 is 1. The monoisotopic (exact) mass is 319 g/mol. The van der Waals surface area contributed by atoms with Crippen molar-refractivity contribution in [2.24, 2.45) is 4.99 Å². The van der Waals surface area contributed by atoms with Crippen LogP contribution in [0.4, 0.5) is 10.2 Å². The fourth-order valence-electron chi connectivity index (χ4n) is 2.69. The lowest BCUT2D eigenvalue weighted by atomic mass is 10.2. The maximum Gasteiger partial charge on any atom is 0.240 e. The average Bonchev–Trinajstić information content (AvgIpc) is 2.99. The molecule has 2 aromatic carbocycles. The number of benzene rings is 2. The van der Waals surface area contributed by atoms with Crippen LogP contribution in [0.1, 0.15) is 5.56 Å². The normalized spacial score (nSPS) is 11.6. The Labute approximate surface area is 137 Å². The number of aliphatic imine (C=N–C) groups is 1. The molecule has 0 N–H and O–H groups in total. The third kappa shape index (κ3) is 2.50. The second kappa shape index (κ2) is 5.77. The number of hydrogen-bond donors (Lipinski definition) is 0. The van der Waals surface area contributed by atoms with E-state index in [1.165, 1.54) is 12.1 Å². The van der Waals surface area contributed by atoms with Crippen LogP contribution in [-0.4, -0.2) is 22.7 Å². The number of hydrogen-bond acceptors (Lipinski definition) is 3. The Bertz CT molecular complexity index is 1050. The summed E-state index contributed by atoms with van der Waals surface area (Å²) in [6.07, 6.45) is 3.51. The van der Waals surface area contributed by atoms with Crippen molar-refractivity contribution in [2.45, 2.75) is 0 Å². The Kier molecular flexibility index (Phi) is 3.46. The fraction of sp³-hybridized carbons (Fsp3) is 0.0526. The Morgan fingerprint density at radius 3 is 2.67 bits per heavy atom. The van der Waals surface area contributed by atoms with Gasteiger partial charge in [0.15, 0.2) is 5.82 Å². The number of rotatable bonds is 3. The molecule has 0 amide bonds. The lowest BCUT2D eigenvalue weighted by Crippen LogP contribution is -1.94. The van der Waals surface area contributed by atoms with Crippen molar-refractivity contribution in [1.29, 1.82) is 0 Å². The predicted molar refractivity (Wildman–Crippen MR) is 92.9 cm³/mol. The van der Waals surface area contributed by atoms with E-state index in [0.717, 1.165) is 22.0 Å². The van der Waals surface area contributed by atoms with Gasteiger partial charge in [-0.15, -0.1) is 0 Å². The summed E-state index contributed by atoms with van der Waals surface area (Å²) in [7, 11) is 1.59. The van der Waals surface area contributed by atoms with Gasteiger partial charge in [-0.3, -0.25) is 0 Å². The summed E-state index contributed by atoms with van der Waals surface area (Å²) in [5.74, 6) is 0.761. The zero-order chi connectivity index (χ0) is 16.5. The molecule has 24 heavy (non-hydrogen) atoms. The second-order valence-corrected chi connectivity index (χ2v) is 5.38. The Morgan fingerprint density at radius 1 is 1.08 bits per heavy atom. The number of fused-ring (bicyclic) bond motifs is 3. The van der Waals surface area contributed by atoms with Gasteiger partial charge in [-0.25, -0.2) is 9.38 Å². The van der Waals surface area contributed by atoms with Crippen LogP contribution >= 0.6 is 0 Å². The Balaban J connectivity index is 1.83.